The van der Waals surface area contributed by atoms with Gasteiger partial charge in [-0.2, -0.15) is 0 Å². The lowest BCUT2D eigenvalue weighted by molar-refractivity contribution is -0.539. The first kappa shape index (κ1) is 19.6. The highest BCUT2D eigenvalue weighted by molar-refractivity contribution is 6.21. The van der Waals surface area contributed by atoms with E-state index in [9.17, 15) is 10.1 Å². The molecule has 0 unspecified atom stereocenters. The van der Waals surface area contributed by atoms with Gasteiger partial charge in [0.25, 0.3) is 0 Å². The Morgan fingerprint density at radius 2 is 1.38 bits per heavy atom. The second-order valence-corrected chi connectivity index (χ2v) is 8.06. The lowest BCUT2D eigenvalue weighted by Gasteiger charge is -2.44. The van der Waals surface area contributed by atoms with Gasteiger partial charge in [0, 0.05) is 18.0 Å². The van der Waals surface area contributed by atoms with Crippen molar-refractivity contribution >= 4 is 11.6 Å². The Labute approximate surface area is 175 Å². The number of nitro groups is 1. The van der Waals surface area contributed by atoms with Gasteiger partial charge in [0.05, 0.1) is 11.3 Å². The van der Waals surface area contributed by atoms with E-state index in [0.29, 0.717) is 13.1 Å². The lowest BCUT2D eigenvalue weighted by atomic mass is 9.78. The molecule has 3 aromatic rings. The Morgan fingerprint density at radius 3 is 1.93 bits per heavy atom. The third-order valence-corrected chi connectivity index (χ3v) is 6.09. The van der Waals surface area contributed by atoms with Crippen molar-refractivity contribution in [3.8, 4) is 0 Å². The molecular weight excluding hydrogens is 384 g/mol. The van der Waals surface area contributed by atoms with Gasteiger partial charge in [-0.05, 0) is 16.7 Å². The second-order valence-electron chi connectivity index (χ2n) is 7.50. The Kier molecular flexibility index (Phi) is 5.93. The van der Waals surface area contributed by atoms with E-state index < -0.39 is 6.04 Å². The lowest BCUT2D eigenvalue weighted by Crippen LogP contribution is -2.53. The highest BCUT2D eigenvalue weighted by Gasteiger charge is 2.51. The van der Waals surface area contributed by atoms with Crippen molar-refractivity contribution in [1.29, 1.82) is 0 Å². The fraction of sp³-hybridized carbons (Fsp3) is 0.250. The van der Waals surface area contributed by atoms with Crippen LogP contribution in [0.15, 0.2) is 91.0 Å². The largest absolute Gasteiger partial charge is 0.285 e. The molecule has 0 aromatic heterocycles. The third kappa shape index (κ3) is 4.19. The Hall–Kier alpha value is -2.69. The molecule has 5 heteroatoms. The molecule has 1 fully saturated rings. The summed E-state index contributed by atoms with van der Waals surface area (Å²) in [5.41, 5.74) is 3.00. The number of alkyl halides is 1. The van der Waals surface area contributed by atoms with Crippen molar-refractivity contribution in [2.75, 3.05) is 6.54 Å². The van der Waals surface area contributed by atoms with E-state index in [4.69, 9.17) is 11.6 Å². The highest BCUT2D eigenvalue weighted by atomic mass is 35.5. The summed E-state index contributed by atoms with van der Waals surface area (Å²) in [6.45, 7) is 1.20. The van der Waals surface area contributed by atoms with E-state index >= 15 is 0 Å². The first-order chi connectivity index (χ1) is 14.1. The number of benzene rings is 3. The summed E-state index contributed by atoms with van der Waals surface area (Å²) in [7, 11) is 0. The van der Waals surface area contributed by atoms with Gasteiger partial charge in [-0.25, -0.2) is 0 Å². The maximum absolute atomic E-state index is 12.4. The Morgan fingerprint density at radius 1 is 0.862 bits per heavy atom. The van der Waals surface area contributed by atoms with Crippen molar-refractivity contribution in [3.05, 3.63) is 118 Å². The zero-order valence-corrected chi connectivity index (χ0v) is 16.7. The van der Waals surface area contributed by atoms with E-state index in [1.165, 1.54) is 0 Å². The third-order valence-electron chi connectivity index (χ3n) is 5.68. The van der Waals surface area contributed by atoms with Crippen LogP contribution in [0, 0.1) is 10.1 Å². The van der Waals surface area contributed by atoms with Crippen LogP contribution in [-0.4, -0.2) is 27.8 Å². The van der Waals surface area contributed by atoms with Crippen molar-refractivity contribution in [2.24, 2.45) is 0 Å². The van der Waals surface area contributed by atoms with E-state index in [0.717, 1.165) is 16.7 Å². The number of hydrogen-bond donors (Lipinski definition) is 0. The molecule has 3 aromatic carbocycles. The monoisotopic (exact) mass is 406 g/mol. The van der Waals surface area contributed by atoms with Crippen molar-refractivity contribution in [3.63, 3.8) is 0 Å². The van der Waals surface area contributed by atoms with Crippen LogP contribution < -0.4 is 0 Å². The van der Waals surface area contributed by atoms with Crippen molar-refractivity contribution < 1.29 is 4.92 Å². The molecule has 1 saturated heterocycles. The van der Waals surface area contributed by atoms with Gasteiger partial charge >= 0.3 is 0 Å². The predicted octanol–water partition coefficient (Wildman–Crippen LogP) is 5.28. The van der Waals surface area contributed by atoms with Crippen LogP contribution in [0.5, 0.6) is 0 Å². The molecule has 0 spiro atoms. The van der Waals surface area contributed by atoms with Gasteiger partial charge in [-0.1, -0.05) is 91.0 Å². The molecule has 0 bridgehead atoms. The van der Waals surface area contributed by atoms with Crippen molar-refractivity contribution in [2.45, 2.75) is 29.9 Å². The number of halogens is 1. The van der Waals surface area contributed by atoms with Gasteiger partial charge in [0.15, 0.2) is 0 Å². The molecule has 1 heterocycles. The standard InChI is InChI=1S/C24H23ClN2O2/c25-21-17-26(16-18-10-4-1-5-11-18)23(20-14-8-3-9-15-20)24(27(28)29)22(21)19-12-6-2-7-13-19/h1-15,21-24H,16-17H2/t21-,22-,23-,24+/m0/s1. The quantitative estimate of drug-likeness (QED) is 0.329. The fourth-order valence-electron chi connectivity index (χ4n) is 4.44. The first-order valence-electron chi connectivity index (χ1n) is 9.80. The molecule has 0 saturated carbocycles. The summed E-state index contributed by atoms with van der Waals surface area (Å²) >= 11 is 6.82. The van der Waals surface area contributed by atoms with Gasteiger partial charge in [0.2, 0.25) is 6.04 Å². The molecule has 148 valence electrons. The maximum atomic E-state index is 12.4. The summed E-state index contributed by atoms with van der Waals surface area (Å²) in [5.74, 6) is -0.356. The van der Waals surface area contributed by atoms with Gasteiger partial charge in [-0.15, -0.1) is 11.6 Å². The molecule has 0 aliphatic carbocycles. The maximum Gasteiger partial charge on any atom is 0.240 e. The molecule has 1 aliphatic rings. The van der Waals surface area contributed by atoms with Crippen LogP contribution in [0.3, 0.4) is 0 Å². The van der Waals surface area contributed by atoms with Crippen LogP contribution >= 0.6 is 11.6 Å². The van der Waals surface area contributed by atoms with Gasteiger partial charge in [-0.3, -0.25) is 15.0 Å². The topological polar surface area (TPSA) is 46.4 Å². The molecular formula is C24H23ClN2O2. The molecule has 4 rings (SSSR count). The summed E-state index contributed by atoms with van der Waals surface area (Å²) in [4.78, 5) is 14.4. The molecule has 0 N–H and O–H groups in total. The Bertz CT molecular complexity index is 937. The number of piperidine rings is 1. The van der Waals surface area contributed by atoms with Crippen molar-refractivity contribution in [1.82, 2.24) is 4.90 Å². The number of hydrogen-bond acceptors (Lipinski definition) is 3. The van der Waals surface area contributed by atoms with Crippen LogP contribution in [0.2, 0.25) is 0 Å². The second kappa shape index (κ2) is 8.76. The molecule has 0 amide bonds. The summed E-state index contributed by atoms with van der Waals surface area (Å²) in [6.07, 6.45) is 0. The molecule has 29 heavy (non-hydrogen) atoms. The van der Waals surface area contributed by atoms with Gasteiger partial charge < -0.3 is 0 Å². The SMILES string of the molecule is O=[N+]([O-])[C@@H]1[C@@H](c2ccccc2)[C@@H](Cl)CN(Cc2ccccc2)[C@H]1c1ccccc1. The molecule has 1 aliphatic heterocycles. The number of nitrogens with zero attached hydrogens (tertiary/aromatic N) is 2. The van der Waals surface area contributed by atoms with E-state index in [1.807, 2.05) is 78.9 Å². The molecule has 4 atom stereocenters. The normalized spacial score (nSPS) is 24.9. The zero-order valence-electron chi connectivity index (χ0n) is 16.0. The van der Waals surface area contributed by atoms with Crippen LogP contribution in [0.1, 0.15) is 28.7 Å². The first-order valence-corrected chi connectivity index (χ1v) is 10.2. The highest BCUT2D eigenvalue weighted by Crippen LogP contribution is 2.43. The average molecular weight is 407 g/mol. The molecule has 4 nitrogen and oxygen atoms in total. The van der Waals surface area contributed by atoms with Gasteiger partial charge in [0.1, 0.15) is 6.04 Å². The van der Waals surface area contributed by atoms with Crippen LogP contribution in [0.4, 0.5) is 0 Å². The average Bonchev–Trinajstić information content (AvgIpc) is 2.75. The number of likely N-dealkylation sites (tertiary alicyclic amines) is 1. The minimum Gasteiger partial charge on any atom is -0.285 e. The number of rotatable bonds is 5. The zero-order chi connectivity index (χ0) is 20.2. The minimum atomic E-state index is -0.834. The Balaban J connectivity index is 1.78. The van der Waals surface area contributed by atoms with E-state index in [1.54, 1.807) is 0 Å². The fourth-order valence-corrected chi connectivity index (χ4v) is 4.92. The summed E-state index contributed by atoms with van der Waals surface area (Å²) < 4.78 is 0. The minimum absolute atomic E-state index is 0.137. The molecule has 0 radical (unpaired) electrons. The van der Waals surface area contributed by atoms with E-state index in [-0.39, 0.29) is 22.3 Å². The summed E-state index contributed by atoms with van der Waals surface area (Å²) in [6, 6.07) is 28.3. The predicted molar refractivity (Wildman–Crippen MR) is 116 cm³/mol. The van der Waals surface area contributed by atoms with Crippen LogP contribution in [-0.2, 0) is 6.54 Å². The van der Waals surface area contributed by atoms with Crippen LogP contribution in [0.25, 0.3) is 0 Å². The summed E-state index contributed by atoms with van der Waals surface area (Å²) in [5, 5.41) is 12.0. The van der Waals surface area contributed by atoms with E-state index in [2.05, 4.69) is 17.0 Å². The smallest absolute Gasteiger partial charge is 0.240 e.